The molecule has 1 aromatic rings. The first-order valence-corrected chi connectivity index (χ1v) is 1.87. The van der Waals surface area contributed by atoms with Gasteiger partial charge < -0.3 is 0 Å². The molecule has 0 aliphatic carbocycles. The van der Waals surface area contributed by atoms with Crippen LogP contribution >= 0.6 is 0 Å². The number of aromatic nitrogens is 1. The van der Waals surface area contributed by atoms with Gasteiger partial charge in [0.1, 0.15) is 0 Å². The Balaban J connectivity index is 2.76. The second kappa shape index (κ2) is 1.66. The van der Waals surface area contributed by atoms with E-state index in [-0.39, 0.29) is 0 Å². The summed E-state index contributed by atoms with van der Waals surface area (Å²) in [4.78, 5) is 3.52. The van der Waals surface area contributed by atoms with Gasteiger partial charge in [0.2, 0.25) is 0 Å². The lowest BCUT2D eigenvalue weighted by Crippen LogP contribution is -1.99. The average Bonchev–Trinajstić information content (AvgIpc) is 2.14. The lowest BCUT2D eigenvalue weighted by Gasteiger charge is -1.85. The summed E-state index contributed by atoms with van der Waals surface area (Å²) in [7, 11) is 0. The summed E-state index contributed by atoms with van der Waals surface area (Å²) in [5, 5.41) is 9.46. The highest BCUT2D eigenvalue weighted by Crippen LogP contribution is 1.82. The maximum absolute atomic E-state index is 9.46. The van der Waals surface area contributed by atoms with Crippen molar-refractivity contribution in [3.8, 4) is 0 Å². The van der Waals surface area contributed by atoms with Gasteiger partial charge in [-0.15, -0.1) is 0 Å². The molecule has 0 saturated heterocycles. The lowest BCUT2D eigenvalue weighted by molar-refractivity contribution is -0.301. The van der Waals surface area contributed by atoms with Gasteiger partial charge in [-0.1, -0.05) is 0 Å². The zero-order valence-electron chi connectivity index (χ0n) is 3.57. The molecule has 0 amide bonds. The van der Waals surface area contributed by atoms with Crippen LogP contribution in [0.4, 0.5) is 0 Å². The van der Waals surface area contributed by atoms with Crippen LogP contribution in [0.25, 0.3) is 0 Å². The fourth-order valence-electron chi connectivity index (χ4n) is 0.368. The van der Waals surface area contributed by atoms with Gasteiger partial charge in [0.25, 0.3) is 0 Å². The molecule has 3 nitrogen and oxygen atoms in total. The predicted molar refractivity (Wildman–Crippen MR) is 21.7 cm³/mol. The van der Waals surface area contributed by atoms with Gasteiger partial charge in [-0.25, -0.2) is 4.99 Å². The highest BCUT2D eigenvalue weighted by Gasteiger charge is 1.79. The van der Waals surface area contributed by atoms with Crippen molar-refractivity contribution in [2.45, 2.75) is 0 Å². The monoisotopic (exact) mass is 98.0 g/mol. The minimum absolute atomic E-state index is 1.07. The molecule has 1 radical (unpaired) electrons. The van der Waals surface area contributed by atoms with Crippen LogP contribution in [-0.4, -0.2) is 4.73 Å². The molecule has 0 N–H and O–H groups in total. The van der Waals surface area contributed by atoms with Crippen LogP contribution in [0.15, 0.2) is 24.5 Å². The van der Waals surface area contributed by atoms with Gasteiger partial charge in [0.05, 0.1) is 5.26 Å². The number of nitrogens with zero attached hydrogens (tertiary/aromatic N) is 1. The van der Waals surface area contributed by atoms with Gasteiger partial charge in [0, 0.05) is 12.4 Å². The molecule has 0 unspecified atom stereocenters. The van der Waals surface area contributed by atoms with E-state index in [1.165, 1.54) is 12.4 Å². The zero-order valence-corrected chi connectivity index (χ0v) is 3.57. The van der Waals surface area contributed by atoms with E-state index in [4.69, 9.17) is 0 Å². The van der Waals surface area contributed by atoms with Crippen molar-refractivity contribution in [3.05, 3.63) is 24.5 Å². The summed E-state index contributed by atoms with van der Waals surface area (Å²) in [6.07, 6.45) is 3.04. The van der Waals surface area contributed by atoms with E-state index >= 15 is 0 Å². The molecule has 1 heterocycles. The molecule has 37 valence electrons. The molecule has 0 aromatic carbocycles. The molecule has 0 bridgehead atoms. The first-order valence-electron chi connectivity index (χ1n) is 1.87. The Labute approximate surface area is 40.6 Å². The van der Waals surface area contributed by atoms with Crippen LogP contribution in [0.5, 0.6) is 0 Å². The Morgan fingerprint density at radius 3 is 2.14 bits per heavy atom. The summed E-state index contributed by atoms with van der Waals surface area (Å²) >= 11 is 0. The molecule has 0 atom stereocenters. The molecule has 0 spiro atoms. The standard InChI is InChI=1S/C4H4NO2/c6-7-5-3-1-2-4-5/h1-4H. The van der Waals surface area contributed by atoms with E-state index in [9.17, 15) is 5.26 Å². The number of rotatable bonds is 1. The Bertz CT molecular complexity index is 124. The SMILES string of the molecule is [O]On1cccc1. The van der Waals surface area contributed by atoms with Crippen molar-refractivity contribution < 1.29 is 10.2 Å². The van der Waals surface area contributed by atoms with Crippen molar-refractivity contribution in [2.24, 2.45) is 0 Å². The Morgan fingerprint density at radius 2 is 1.86 bits per heavy atom. The molecule has 3 heteroatoms. The largest absolute Gasteiger partial charge is 0.206 e. The third kappa shape index (κ3) is 0.721. The Kier molecular flexibility index (Phi) is 0.997. The fourth-order valence-corrected chi connectivity index (χ4v) is 0.368. The smallest absolute Gasteiger partial charge is 0.0512 e. The lowest BCUT2D eigenvalue weighted by atomic mass is 10.7. The quantitative estimate of drug-likeness (QED) is 0.366. The molecule has 0 saturated carbocycles. The molecular weight excluding hydrogens is 94.0 g/mol. The van der Waals surface area contributed by atoms with Gasteiger partial charge in [0.15, 0.2) is 0 Å². The normalized spacial score (nSPS) is 8.71. The maximum Gasteiger partial charge on any atom is 0.0512 e. The van der Waals surface area contributed by atoms with Gasteiger partial charge >= 0.3 is 0 Å². The fraction of sp³-hybridized carbons (Fsp3) is 0. The third-order valence-corrected chi connectivity index (χ3v) is 0.663. The number of hydrogen-bond acceptors (Lipinski definition) is 1. The van der Waals surface area contributed by atoms with E-state index in [0.29, 0.717) is 0 Å². The Morgan fingerprint density at radius 1 is 1.29 bits per heavy atom. The molecule has 0 fully saturated rings. The van der Waals surface area contributed by atoms with E-state index in [1.807, 2.05) is 0 Å². The zero-order chi connectivity index (χ0) is 5.11. The highest BCUT2D eigenvalue weighted by atomic mass is 17.2. The second-order valence-electron chi connectivity index (χ2n) is 1.12. The van der Waals surface area contributed by atoms with Crippen molar-refractivity contribution in [1.29, 1.82) is 0 Å². The second-order valence-corrected chi connectivity index (χ2v) is 1.12. The van der Waals surface area contributed by atoms with Crippen LogP contribution in [-0.2, 0) is 5.26 Å². The molecular formula is C4H4NO2. The maximum atomic E-state index is 9.46. The number of hydrogen-bond donors (Lipinski definition) is 0. The molecule has 7 heavy (non-hydrogen) atoms. The van der Waals surface area contributed by atoms with Crippen molar-refractivity contribution in [2.75, 3.05) is 0 Å². The minimum Gasteiger partial charge on any atom is -0.206 e. The van der Waals surface area contributed by atoms with Gasteiger partial charge in [-0.05, 0) is 12.1 Å². The Hall–Kier alpha value is -0.960. The summed E-state index contributed by atoms with van der Waals surface area (Å²) in [5.74, 6) is 0. The van der Waals surface area contributed by atoms with Crippen LogP contribution in [0.2, 0.25) is 0 Å². The first kappa shape index (κ1) is 4.21. The minimum atomic E-state index is 1.07. The topological polar surface area (TPSA) is 34.1 Å². The first-order chi connectivity index (χ1) is 3.43. The average molecular weight is 98.1 g/mol. The molecule has 0 aliphatic heterocycles. The summed E-state index contributed by atoms with van der Waals surface area (Å²) in [5.41, 5.74) is 0. The van der Waals surface area contributed by atoms with Crippen molar-refractivity contribution in [1.82, 2.24) is 4.73 Å². The van der Waals surface area contributed by atoms with E-state index in [1.54, 1.807) is 12.1 Å². The van der Waals surface area contributed by atoms with Crippen molar-refractivity contribution in [3.63, 3.8) is 0 Å². The molecule has 1 rings (SSSR count). The summed E-state index contributed by atoms with van der Waals surface area (Å²) in [6, 6.07) is 3.41. The third-order valence-electron chi connectivity index (χ3n) is 0.663. The van der Waals surface area contributed by atoms with E-state index in [2.05, 4.69) is 4.99 Å². The van der Waals surface area contributed by atoms with E-state index in [0.717, 1.165) is 4.73 Å². The molecule has 0 aliphatic rings. The van der Waals surface area contributed by atoms with E-state index < -0.39 is 0 Å². The van der Waals surface area contributed by atoms with Gasteiger partial charge in [-0.2, -0.15) is 4.73 Å². The summed E-state index contributed by atoms with van der Waals surface area (Å²) in [6.45, 7) is 0. The molecule has 1 aromatic heterocycles. The van der Waals surface area contributed by atoms with Crippen LogP contribution in [0.3, 0.4) is 0 Å². The highest BCUT2D eigenvalue weighted by molar-refractivity contribution is 4.87. The van der Waals surface area contributed by atoms with Crippen LogP contribution < -0.4 is 4.99 Å². The van der Waals surface area contributed by atoms with Gasteiger partial charge in [-0.3, -0.25) is 0 Å². The summed E-state index contributed by atoms with van der Waals surface area (Å²) < 4.78 is 1.07. The van der Waals surface area contributed by atoms with Crippen LogP contribution in [0.1, 0.15) is 0 Å². The van der Waals surface area contributed by atoms with Crippen LogP contribution in [0, 0.1) is 0 Å². The predicted octanol–water partition coefficient (Wildman–Crippen LogP) is 0.262. The van der Waals surface area contributed by atoms with Crippen molar-refractivity contribution >= 4 is 0 Å².